The van der Waals surface area contributed by atoms with Crippen LogP contribution in [0.3, 0.4) is 0 Å². The highest BCUT2D eigenvalue weighted by Crippen LogP contribution is 2.65. The number of amides is 4. The van der Waals surface area contributed by atoms with E-state index in [-0.39, 0.29) is 41.7 Å². The van der Waals surface area contributed by atoms with Crippen LogP contribution in [0.25, 0.3) is 0 Å². The molecule has 4 rings (SSSR count). The molecule has 2 saturated heterocycles. The Labute approximate surface area is 253 Å². The number of carbonyl (C=O) groups is 6. The summed E-state index contributed by atoms with van der Waals surface area (Å²) in [6.07, 6.45) is -1.67. The number of rotatable bonds is 9. The van der Waals surface area contributed by atoms with Crippen LogP contribution in [0.1, 0.15) is 64.2 Å². The van der Waals surface area contributed by atoms with Crippen molar-refractivity contribution in [3.63, 3.8) is 0 Å². The largest absolute Gasteiger partial charge is 0.471 e. The third-order valence-corrected chi connectivity index (χ3v) is 9.11. The topological polar surface area (TPSA) is 155 Å². The van der Waals surface area contributed by atoms with Crippen molar-refractivity contribution in [2.75, 3.05) is 13.1 Å². The number of nitrogens with one attached hydrogen (secondary N) is 3. The third-order valence-electron chi connectivity index (χ3n) is 9.11. The van der Waals surface area contributed by atoms with Gasteiger partial charge >= 0.3 is 12.1 Å². The Morgan fingerprint density at radius 3 is 2.39 bits per heavy atom. The molecule has 2 aliphatic heterocycles. The van der Waals surface area contributed by atoms with Crippen molar-refractivity contribution in [1.82, 2.24) is 25.8 Å². The maximum absolute atomic E-state index is 14.0. The molecule has 1 aromatic heterocycles. The number of halogens is 3. The number of ketones is 2. The van der Waals surface area contributed by atoms with Crippen LogP contribution in [-0.2, 0) is 24.0 Å². The maximum Gasteiger partial charge on any atom is 0.471 e. The molecule has 0 spiro atoms. The lowest BCUT2D eigenvalue weighted by Crippen LogP contribution is -2.61. The van der Waals surface area contributed by atoms with E-state index in [0.717, 1.165) is 0 Å². The lowest BCUT2D eigenvalue weighted by Gasteiger charge is -2.38. The predicted molar refractivity (Wildman–Crippen MR) is 150 cm³/mol. The van der Waals surface area contributed by atoms with Crippen molar-refractivity contribution in [3.8, 4) is 0 Å². The van der Waals surface area contributed by atoms with E-state index in [2.05, 4.69) is 15.6 Å². The minimum atomic E-state index is -5.23. The molecule has 4 amide bonds. The van der Waals surface area contributed by atoms with E-state index in [1.54, 1.807) is 5.32 Å². The molecule has 0 aromatic carbocycles. The van der Waals surface area contributed by atoms with Crippen LogP contribution in [0, 0.1) is 28.6 Å². The van der Waals surface area contributed by atoms with Crippen molar-refractivity contribution in [2.24, 2.45) is 28.6 Å². The summed E-state index contributed by atoms with van der Waals surface area (Å²) in [5, 5.41) is 7.15. The Morgan fingerprint density at radius 2 is 1.82 bits per heavy atom. The number of piperidine rings is 2. The molecular weight excluding hydrogens is 583 g/mol. The number of carbonyl (C=O) groups excluding carboxylic acids is 6. The van der Waals surface area contributed by atoms with Crippen molar-refractivity contribution >= 4 is 35.2 Å². The van der Waals surface area contributed by atoms with Crippen LogP contribution in [0.5, 0.6) is 0 Å². The van der Waals surface area contributed by atoms with Gasteiger partial charge < -0.3 is 20.9 Å². The first kappa shape index (κ1) is 33.1. The van der Waals surface area contributed by atoms with E-state index < -0.39 is 64.9 Å². The first-order valence-corrected chi connectivity index (χ1v) is 14.6. The lowest BCUT2D eigenvalue weighted by atomic mass is 9.85. The Bertz CT molecular complexity index is 1340. The number of pyridine rings is 1. The Hall–Kier alpha value is -3.84. The summed E-state index contributed by atoms with van der Waals surface area (Å²) < 4.78 is 39.4. The van der Waals surface area contributed by atoms with Crippen LogP contribution in [0.15, 0.2) is 24.5 Å². The van der Waals surface area contributed by atoms with Crippen LogP contribution < -0.4 is 16.0 Å². The second kappa shape index (κ2) is 11.9. The maximum atomic E-state index is 14.0. The van der Waals surface area contributed by atoms with Gasteiger partial charge in [-0.2, -0.15) is 13.2 Å². The minimum absolute atomic E-state index is 0.000620. The van der Waals surface area contributed by atoms with Crippen LogP contribution in [0.4, 0.5) is 13.2 Å². The molecule has 14 heteroatoms. The van der Waals surface area contributed by atoms with Crippen molar-refractivity contribution in [3.05, 3.63) is 30.1 Å². The zero-order valence-corrected chi connectivity index (χ0v) is 25.3. The molecule has 6 atom stereocenters. The van der Waals surface area contributed by atoms with Gasteiger partial charge in [0.25, 0.3) is 0 Å². The number of hydrogen-bond donors (Lipinski definition) is 3. The average Bonchev–Trinajstić information content (AvgIpc) is 3.27. The summed E-state index contributed by atoms with van der Waals surface area (Å²) in [4.78, 5) is 83.8. The van der Waals surface area contributed by atoms with E-state index in [1.165, 1.54) is 50.2 Å². The highest BCUT2D eigenvalue weighted by molar-refractivity contribution is 6.45. The quantitative estimate of drug-likeness (QED) is 0.281. The molecule has 3 fully saturated rings. The molecule has 3 aliphatic rings. The molecule has 240 valence electrons. The summed E-state index contributed by atoms with van der Waals surface area (Å²) in [6.45, 7) is 8.81. The number of Topliss-reactive ketones (excluding diaryl/α,β-unsaturated/α-hetero) is 2. The van der Waals surface area contributed by atoms with E-state index in [0.29, 0.717) is 19.4 Å². The fraction of sp³-hybridized carbons (Fsp3) is 0.633. The summed E-state index contributed by atoms with van der Waals surface area (Å²) in [6, 6.07) is -1.33. The zero-order chi connectivity index (χ0) is 32.8. The Kier molecular flexibility index (Phi) is 8.96. The molecule has 1 aliphatic carbocycles. The molecule has 44 heavy (non-hydrogen) atoms. The van der Waals surface area contributed by atoms with Gasteiger partial charge in [-0.15, -0.1) is 0 Å². The number of likely N-dealkylation sites (tertiary alicyclic amines) is 1. The normalized spacial score (nSPS) is 25.6. The second-order valence-corrected chi connectivity index (χ2v) is 13.5. The molecule has 3 heterocycles. The van der Waals surface area contributed by atoms with Crippen molar-refractivity contribution < 1.29 is 41.9 Å². The second-order valence-electron chi connectivity index (χ2n) is 13.5. The summed E-state index contributed by atoms with van der Waals surface area (Å²) in [5.74, 6) is -7.28. The first-order valence-electron chi connectivity index (χ1n) is 14.6. The highest BCUT2D eigenvalue weighted by atomic mass is 19.4. The molecule has 1 saturated carbocycles. The van der Waals surface area contributed by atoms with Crippen LogP contribution in [-0.4, -0.2) is 82.5 Å². The Morgan fingerprint density at radius 1 is 1.14 bits per heavy atom. The van der Waals surface area contributed by atoms with Gasteiger partial charge in [0.15, 0.2) is 0 Å². The molecule has 11 nitrogen and oxygen atoms in total. The number of aromatic nitrogens is 1. The van der Waals surface area contributed by atoms with E-state index in [4.69, 9.17) is 0 Å². The van der Waals surface area contributed by atoms with Gasteiger partial charge in [-0.25, -0.2) is 0 Å². The van der Waals surface area contributed by atoms with Crippen molar-refractivity contribution in [2.45, 2.75) is 78.2 Å². The molecule has 1 aromatic rings. The smallest absolute Gasteiger partial charge is 0.356 e. The molecule has 0 bridgehead atoms. The Balaban J connectivity index is 1.63. The van der Waals surface area contributed by atoms with Gasteiger partial charge in [-0.05, 0) is 54.1 Å². The van der Waals surface area contributed by atoms with Crippen molar-refractivity contribution in [1.29, 1.82) is 0 Å². The zero-order valence-electron chi connectivity index (χ0n) is 25.3. The van der Waals surface area contributed by atoms with Gasteiger partial charge in [0.05, 0.1) is 6.04 Å². The fourth-order valence-corrected chi connectivity index (χ4v) is 6.47. The molecule has 0 radical (unpaired) electrons. The van der Waals surface area contributed by atoms with E-state index >= 15 is 0 Å². The number of fused-ring (bicyclic) bond motifs is 1. The van der Waals surface area contributed by atoms with Gasteiger partial charge in [-0.3, -0.25) is 33.8 Å². The first-order chi connectivity index (χ1) is 20.4. The third kappa shape index (κ3) is 6.63. The monoisotopic (exact) mass is 621 g/mol. The summed E-state index contributed by atoms with van der Waals surface area (Å²) in [5.41, 5.74) is -1.54. The predicted octanol–water partition coefficient (Wildman–Crippen LogP) is 1.81. The number of nitrogens with zero attached hydrogens (tertiary/aromatic N) is 2. The van der Waals surface area contributed by atoms with Crippen LogP contribution in [0.2, 0.25) is 0 Å². The minimum Gasteiger partial charge on any atom is -0.356 e. The molecular formula is C30H38F3N5O6. The molecule has 3 N–H and O–H groups in total. The number of alkyl halides is 3. The highest BCUT2D eigenvalue weighted by Gasteiger charge is 2.70. The number of hydrogen-bond acceptors (Lipinski definition) is 7. The van der Waals surface area contributed by atoms with E-state index in [9.17, 15) is 41.9 Å². The van der Waals surface area contributed by atoms with Gasteiger partial charge in [0.2, 0.25) is 29.3 Å². The standard InChI is InChI=1S/C30H38F3N5O6/c1-28(2,3)23(37-27(44)30(31,32)33)26(43)38-14-17-19(29(17,4)5)20(38)25(42)36-18(12-15-8-7-11-35-24(15)41)22(40)21(39)16-9-6-10-34-13-16/h6,9-10,13,15,17-20,23H,7-8,11-12,14H2,1-5H3,(H,35,41)(H,36,42)(H,37,44)/t15?,17-,18?,19-,20-,23+/m0/s1. The van der Waals surface area contributed by atoms with Gasteiger partial charge in [0, 0.05) is 37.0 Å². The lowest BCUT2D eigenvalue weighted by molar-refractivity contribution is -0.176. The SMILES string of the molecule is CC(C)(C)[C@H](NC(=O)C(F)(F)F)C(=O)N1C[C@H]2[C@@H]([C@H]1C(=O)NC(CC1CCCNC1=O)C(=O)C(=O)c1cccnc1)C2(C)C. The van der Waals surface area contributed by atoms with E-state index in [1.807, 2.05) is 13.8 Å². The van der Waals surface area contributed by atoms with Gasteiger partial charge in [-0.1, -0.05) is 34.6 Å². The van der Waals surface area contributed by atoms with Gasteiger partial charge in [0.1, 0.15) is 12.1 Å². The average molecular weight is 622 g/mol. The summed E-state index contributed by atoms with van der Waals surface area (Å²) in [7, 11) is 0. The summed E-state index contributed by atoms with van der Waals surface area (Å²) >= 11 is 0. The van der Waals surface area contributed by atoms with Crippen LogP contribution >= 0.6 is 0 Å². The molecule has 2 unspecified atom stereocenters. The fourth-order valence-electron chi connectivity index (χ4n) is 6.47.